The van der Waals surface area contributed by atoms with Crippen LogP contribution in [0.15, 0.2) is 18.2 Å². The number of carbonyl (C=O) groups is 1. The van der Waals surface area contributed by atoms with Gasteiger partial charge in [0.1, 0.15) is 5.82 Å². The molecular weight excluding hydrogens is 243 g/mol. The van der Waals surface area contributed by atoms with Crippen LogP contribution in [0.25, 0.3) is 0 Å². The molecule has 3 atom stereocenters. The monoisotopic (exact) mass is 264 g/mol. The Kier molecular flexibility index (Phi) is 4.20. The fraction of sp³-hybridized carbons (Fsp3) is 0.533. The molecule has 3 nitrogen and oxygen atoms in total. The van der Waals surface area contributed by atoms with Gasteiger partial charge >= 0.3 is 0 Å². The molecular formula is C15H21FN2O. The van der Waals surface area contributed by atoms with Gasteiger partial charge in [-0.1, -0.05) is 12.1 Å². The van der Waals surface area contributed by atoms with Gasteiger partial charge in [0.25, 0.3) is 5.91 Å². The molecule has 1 amide bonds. The van der Waals surface area contributed by atoms with E-state index in [1.165, 1.54) is 6.07 Å². The van der Waals surface area contributed by atoms with Gasteiger partial charge in [-0.2, -0.15) is 0 Å². The first-order valence-corrected chi connectivity index (χ1v) is 6.81. The summed E-state index contributed by atoms with van der Waals surface area (Å²) in [5, 5.41) is 6.34. The Hall–Kier alpha value is -1.42. The van der Waals surface area contributed by atoms with Crippen molar-refractivity contribution in [2.24, 2.45) is 0 Å². The molecule has 0 bridgehead atoms. The molecule has 2 rings (SSSR count). The number of carbonyl (C=O) groups excluding carboxylic acids is 1. The molecule has 0 radical (unpaired) electrons. The Morgan fingerprint density at radius 2 is 2.11 bits per heavy atom. The molecule has 4 heteroatoms. The molecule has 1 aliphatic rings. The van der Waals surface area contributed by atoms with Crippen LogP contribution in [0.2, 0.25) is 0 Å². The van der Waals surface area contributed by atoms with Crippen LogP contribution in [-0.4, -0.2) is 24.0 Å². The highest BCUT2D eigenvalue weighted by Gasteiger charge is 2.26. The van der Waals surface area contributed by atoms with E-state index in [9.17, 15) is 9.18 Å². The van der Waals surface area contributed by atoms with E-state index in [2.05, 4.69) is 17.6 Å². The second-order valence-electron chi connectivity index (χ2n) is 5.45. The number of piperidine rings is 1. The van der Waals surface area contributed by atoms with E-state index in [1.54, 1.807) is 19.1 Å². The van der Waals surface area contributed by atoms with Gasteiger partial charge in [0.2, 0.25) is 0 Å². The van der Waals surface area contributed by atoms with Gasteiger partial charge in [0.15, 0.2) is 0 Å². The lowest BCUT2D eigenvalue weighted by molar-refractivity contribution is 0.0910. The smallest absolute Gasteiger partial charge is 0.254 e. The van der Waals surface area contributed by atoms with Gasteiger partial charge in [-0.25, -0.2) is 4.39 Å². The molecule has 1 aromatic rings. The first-order valence-electron chi connectivity index (χ1n) is 6.81. The maximum absolute atomic E-state index is 13.9. The lowest BCUT2D eigenvalue weighted by atomic mass is 9.95. The molecule has 1 fully saturated rings. The van der Waals surface area contributed by atoms with Crippen molar-refractivity contribution >= 4 is 5.91 Å². The molecule has 0 aromatic heterocycles. The van der Waals surface area contributed by atoms with Gasteiger partial charge in [0.05, 0.1) is 5.56 Å². The molecule has 1 aliphatic heterocycles. The molecule has 1 aromatic carbocycles. The van der Waals surface area contributed by atoms with Gasteiger partial charge in [-0.3, -0.25) is 4.79 Å². The number of halogens is 1. The number of hydrogen-bond acceptors (Lipinski definition) is 2. The number of amides is 1. The Morgan fingerprint density at radius 3 is 2.79 bits per heavy atom. The third kappa shape index (κ3) is 3.13. The predicted molar refractivity (Wildman–Crippen MR) is 73.7 cm³/mol. The molecule has 0 saturated carbocycles. The van der Waals surface area contributed by atoms with Gasteiger partial charge in [-0.05, 0) is 45.2 Å². The largest absolute Gasteiger partial charge is 0.348 e. The summed E-state index contributed by atoms with van der Waals surface area (Å²) in [6.45, 7) is 5.85. The number of hydrogen-bond donors (Lipinski definition) is 2. The van der Waals surface area contributed by atoms with E-state index < -0.39 is 5.82 Å². The molecule has 2 N–H and O–H groups in total. The Morgan fingerprint density at radius 1 is 1.37 bits per heavy atom. The van der Waals surface area contributed by atoms with Crippen molar-refractivity contribution in [3.63, 3.8) is 0 Å². The van der Waals surface area contributed by atoms with Crippen molar-refractivity contribution in [3.8, 4) is 0 Å². The van der Waals surface area contributed by atoms with E-state index in [0.717, 1.165) is 12.8 Å². The average molecular weight is 264 g/mol. The minimum absolute atomic E-state index is 0.0589. The maximum atomic E-state index is 13.9. The molecule has 1 saturated heterocycles. The minimum atomic E-state index is -0.426. The summed E-state index contributed by atoms with van der Waals surface area (Å²) in [7, 11) is 0. The molecule has 1 heterocycles. The fourth-order valence-electron chi connectivity index (χ4n) is 2.59. The van der Waals surface area contributed by atoms with Crippen LogP contribution in [0.4, 0.5) is 4.39 Å². The summed E-state index contributed by atoms with van der Waals surface area (Å²) in [5.41, 5.74) is 0.627. The maximum Gasteiger partial charge on any atom is 0.254 e. The van der Waals surface area contributed by atoms with E-state index in [-0.39, 0.29) is 23.6 Å². The molecule has 19 heavy (non-hydrogen) atoms. The molecule has 3 unspecified atom stereocenters. The lowest BCUT2D eigenvalue weighted by Gasteiger charge is -2.34. The highest BCUT2D eigenvalue weighted by atomic mass is 19.1. The second-order valence-corrected chi connectivity index (χ2v) is 5.45. The summed E-state index contributed by atoms with van der Waals surface area (Å²) in [6, 6.07) is 5.64. The van der Waals surface area contributed by atoms with Crippen LogP contribution in [-0.2, 0) is 0 Å². The van der Waals surface area contributed by atoms with Crippen molar-refractivity contribution in [3.05, 3.63) is 35.1 Å². The average Bonchev–Trinajstić information content (AvgIpc) is 2.36. The van der Waals surface area contributed by atoms with Crippen LogP contribution in [0.5, 0.6) is 0 Å². The van der Waals surface area contributed by atoms with E-state index in [4.69, 9.17) is 0 Å². The zero-order valence-electron chi connectivity index (χ0n) is 11.7. The van der Waals surface area contributed by atoms with E-state index in [1.807, 2.05) is 6.92 Å². The lowest BCUT2D eigenvalue weighted by Crippen LogP contribution is -2.54. The fourth-order valence-corrected chi connectivity index (χ4v) is 2.59. The third-order valence-electron chi connectivity index (χ3n) is 3.81. The first-order chi connectivity index (χ1) is 8.99. The third-order valence-corrected chi connectivity index (χ3v) is 3.81. The number of nitrogens with one attached hydrogen (secondary N) is 2. The van der Waals surface area contributed by atoms with E-state index >= 15 is 0 Å². The van der Waals surface area contributed by atoms with Crippen LogP contribution >= 0.6 is 0 Å². The zero-order valence-corrected chi connectivity index (χ0v) is 11.7. The quantitative estimate of drug-likeness (QED) is 0.861. The van der Waals surface area contributed by atoms with Crippen LogP contribution in [0.3, 0.4) is 0 Å². The summed E-state index contributed by atoms with van der Waals surface area (Å²) in [5.74, 6) is -0.751. The highest BCUT2D eigenvalue weighted by molar-refractivity contribution is 5.94. The van der Waals surface area contributed by atoms with Crippen molar-refractivity contribution < 1.29 is 9.18 Å². The van der Waals surface area contributed by atoms with Crippen molar-refractivity contribution in [2.75, 3.05) is 0 Å². The summed E-state index contributed by atoms with van der Waals surface area (Å²) in [6.07, 6.45) is 1.94. The van der Waals surface area contributed by atoms with Crippen LogP contribution < -0.4 is 10.6 Å². The Balaban J connectivity index is 2.07. The first kappa shape index (κ1) is 14.0. The Bertz CT molecular complexity index is 475. The number of aryl methyl sites for hydroxylation is 1. The molecule has 0 spiro atoms. The second kappa shape index (κ2) is 5.70. The van der Waals surface area contributed by atoms with Crippen molar-refractivity contribution in [1.29, 1.82) is 0 Å². The summed E-state index contributed by atoms with van der Waals surface area (Å²) < 4.78 is 13.9. The van der Waals surface area contributed by atoms with Gasteiger partial charge < -0.3 is 10.6 Å². The van der Waals surface area contributed by atoms with Crippen LogP contribution in [0, 0.1) is 12.7 Å². The standard InChI is InChI=1S/C15H21FN2O/c1-9-5-4-6-12(14(9)16)15(19)18-13-8-7-10(2)17-11(13)3/h4-6,10-11,13,17H,7-8H2,1-3H3,(H,18,19). The highest BCUT2D eigenvalue weighted by Crippen LogP contribution is 2.16. The predicted octanol–water partition coefficient (Wildman–Crippen LogP) is 2.39. The molecule has 0 aliphatic carbocycles. The SMILES string of the molecule is Cc1cccc(C(=O)NC2CCC(C)NC2C)c1F. The van der Waals surface area contributed by atoms with E-state index in [0.29, 0.717) is 11.6 Å². The van der Waals surface area contributed by atoms with Gasteiger partial charge in [0, 0.05) is 18.1 Å². The van der Waals surface area contributed by atoms with Crippen LogP contribution in [0.1, 0.15) is 42.6 Å². The number of benzene rings is 1. The minimum Gasteiger partial charge on any atom is -0.348 e. The van der Waals surface area contributed by atoms with Crippen molar-refractivity contribution in [1.82, 2.24) is 10.6 Å². The van der Waals surface area contributed by atoms with Crippen molar-refractivity contribution in [2.45, 2.75) is 51.7 Å². The molecule has 104 valence electrons. The zero-order chi connectivity index (χ0) is 14.0. The van der Waals surface area contributed by atoms with Gasteiger partial charge in [-0.15, -0.1) is 0 Å². The normalized spacial score (nSPS) is 27.1. The number of rotatable bonds is 2. The topological polar surface area (TPSA) is 41.1 Å². The summed E-state index contributed by atoms with van der Waals surface area (Å²) in [4.78, 5) is 12.1. The summed E-state index contributed by atoms with van der Waals surface area (Å²) >= 11 is 0. The Labute approximate surface area is 113 Å².